The Morgan fingerprint density at radius 3 is 2.62 bits per heavy atom. The first-order chi connectivity index (χ1) is 11.5. The van der Waals surface area contributed by atoms with Crippen LogP contribution in [0.4, 0.5) is 4.79 Å². The lowest BCUT2D eigenvalue weighted by atomic mass is 10.1. The van der Waals surface area contributed by atoms with Crippen molar-refractivity contribution in [1.29, 1.82) is 0 Å². The fourth-order valence-corrected chi connectivity index (χ4v) is 4.50. The van der Waals surface area contributed by atoms with E-state index < -0.39 is 5.54 Å². The average molecular weight is 347 g/mol. The molecule has 0 unspecified atom stereocenters. The van der Waals surface area contributed by atoms with Gasteiger partial charge in [0.15, 0.2) is 0 Å². The molecule has 5 nitrogen and oxygen atoms in total. The predicted molar refractivity (Wildman–Crippen MR) is 97.0 cm³/mol. The minimum atomic E-state index is -0.772. The van der Waals surface area contributed by atoms with Gasteiger partial charge in [0.2, 0.25) is 0 Å². The fourth-order valence-electron chi connectivity index (χ4n) is 3.34. The molecule has 0 spiro atoms. The van der Waals surface area contributed by atoms with Gasteiger partial charge in [-0.25, -0.2) is 4.79 Å². The molecule has 0 bridgehead atoms. The molecule has 130 valence electrons. The number of rotatable bonds is 5. The van der Waals surface area contributed by atoms with Crippen molar-refractivity contribution >= 4 is 23.7 Å². The number of thioether (sulfide) groups is 1. The molecule has 2 aliphatic heterocycles. The van der Waals surface area contributed by atoms with Gasteiger partial charge < -0.3 is 5.32 Å². The third kappa shape index (κ3) is 3.59. The molecular formula is C18H25N3O2S. The molecule has 1 atom stereocenters. The van der Waals surface area contributed by atoms with Crippen LogP contribution >= 0.6 is 11.8 Å². The molecule has 0 aromatic heterocycles. The van der Waals surface area contributed by atoms with Crippen LogP contribution in [-0.4, -0.2) is 58.4 Å². The van der Waals surface area contributed by atoms with Crippen LogP contribution in [0, 0.1) is 0 Å². The molecule has 0 aliphatic carbocycles. The van der Waals surface area contributed by atoms with E-state index >= 15 is 0 Å². The van der Waals surface area contributed by atoms with Crippen molar-refractivity contribution in [3.8, 4) is 0 Å². The number of amides is 3. The van der Waals surface area contributed by atoms with Gasteiger partial charge in [0, 0.05) is 37.2 Å². The first kappa shape index (κ1) is 17.3. The zero-order chi connectivity index (χ0) is 17.2. The van der Waals surface area contributed by atoms with Crippen molar-refractivity contribution in [3.63, 3.8) is 0 Å². The van der Waals surface area contributed by atoms with Crippen LogP contribution in [0.1, 0.15) is 31.9 Å². The van der Waals surface area contributed by atoms with Crippen molar-refractivity contribution in [3.05, 3.63) is 35.9 Å². The van der Waals surface area contributed by atoms with E-state index in [1.54, 1.807) is 13.8 Å². The fraction of sp³-hybridized carbons (Fsp3) is 0.556. The second-order valence-electron chi connectivity index (χ2n) is 6.90. The summed E-state index contributed by atoms with van der Waals surface area (Å²) >= 11 is 1.99. The summed E-state index contributed by atoms with van der Waals surface area (Å²) in [5.41, 5.74) is 0.576. The summed E-state index contributed by atoms with van der Waals surface area (Å²) in [5.74, 6) is 2.11. The second kappa shape index (κ2) is 7.15. The minimum Gasteiger partial charge on any atom is -0.324 e. The minimum absolute atomic E-state index is 0.124. The van der Waals surface area contributed by atoms with Gasteiger partial charge in [-0.3, -0.25) is 14.6 Å². The lowest BCUT2D eigenvalue weighted by molar-refractivity contribution is -0.130. The molecule has 3 amide bonds. The number of benzene rings is 1. The molecule has 2 aliphatic rings. The maximum atomic E-state index is 12.2. The summed E-state index contributed by atoms with van der Waals surface area (Å²) in [6.45, 7) is 5.94. The Morgan fingerprint density at radius 1 is 1.21 bits per heavy atom. The zero-order valence-corrected chi connectivity index (χ0v) is 15.1. The largest absolute Gasteiger partial charge is 0.325 e. The highest BCUT2D eigenvalue weighted by Crippen LogP contribution is 2.29. The SMILES string of the molecule is CC1(C)NC(=O)N(CCCN2CCSC[C@H]2c2ccccc2)C1=O. The third-order valence-corrected chi connectivity index (χ3v) is 5.72. The van der Waals surface area contributed by atoms with Gasteiger partial charge in [0.05, 0.1) is 0 Å². The Balaban J connectivity index is 1.57. The van der Waals surface area contributed by atoms with Crippen LogP contribution in [0.3, 0.4) is 0 Å². The van der Waals surface area contributed by atoms with Crippen LogP contribution in [0.2, 0.25) is 0 Å². The van der Waals surface area contributed by atoms with Gasteiger partial charge in [0.1, 0.15) is 5.54 Å². The smallest absolute Gasteiger partial charge is 0.324 e. The molecule has 1 N–H and O–H groups in total. The number of hydrogen-bond acceptors (Lipinski definition) is 4. The summed E-state index contributed by atoms with van der Waals surface area (Å²) in [6, 6.07) is 10.7. The van der Waals surface area contributed by atoms with E-state index in [2.05, 4.69) is 34.5 Å². The van der Waals surface area contributed by atoms with Gasteiger partial charge in [0.25, 0.3) is 5.91 Å². The molecule has 2 heterocycles. The number of nitrogens with zero attached hydrogens (tertiary/aromatic N) is 2. The van der Waals surface area contributed by atoms with Crippen LogP contribution < -0.4 is 5.32 Å². The van der Waals surface area contributed by atoms with Crippen LogP contribution in [0.5, 0.6) is 0 Å². The van der Waals surface area contributed by atoms with Crippen molar-refractivity contribution < 1.29 is 9.59 Å². The molecule has 1 aromatic carbocycles. The number of carbonyl (C=O) groups is 2. The highest BCUT2D eigenvalue weighted by molar-refractivity contribution is 7.99. The number of carbonyl (C=O) groups excluding carboxylic acids is 2. The van der Waals surface area contributed by atoms with E-state index in [4.69, 9.17) is 0 Å². The molecule has 24 heavy (non-hydrogen) atoms. The Bertz CT molecular complexity index is 606. The molecule has 1 aromatic rings. The van der Waals surface area contributed by atoms with Crippen LogP contribution in [0.25, 0.3) is 0 Å². The standard InChI is InChI=1S/C18H25N3O2S/c1-18(2)16(22)21(17(23)19-18)10-6-9-20-11-12-24-13-15(20)14-7-4-3-5-8-14/h3-5,7-8,15H,6,9-13H2,1-2H3,(H,19,23)/t15-/m0/s1. The van der Waals surface area contributed by atoms with Crippen molar-refractivity contribution in [1.82, 2.24) is 15.1 Å². The summed E-state index contributed by atoms with van der Waals surface area (Å²) in [7, 11) is 0. The Labute approximate surface area is 147 Å². The van der Waals surface area contributed by atoms with Crippen LogP contribution in [-0.2, 0) is 4.79 Å². The Morgan fingerprint density at radius 2 is 1.96 bits per heavy atom. The van der Waals surface area contributed by atoms with E-state index in [1.807, 2.05) is 17.8 Å². The number of nitrogens with one attached hydrogen (secondary N) is 1. The maximum Gasteiger partial charge on any atom is 0.325 e. The highest BCUT2D eigenvalue weighted by Gasteiger charge is 2.43. The molecule has 0 radical (unpaired) electrons. The molecule has 2 saturated heterocycles. The summed E-state index contributed by atoms with van der Waals surface area (Å²) in [5, 5.41) is 2.74. The second-order valence-corrected chi connectivity index (χ2v) is 8.05. The van der Waals surface area contributed by atoms with Gasteiger partial charge >= 0.3 is 6.03 Å². The number of imide groups is 1. The molecular weight excluding hydrogens is 322 g/mol. The molecule has 6 heteroatoms. The number of hydrogen-bond donors (Lipinski definition) is 1. The summed E-state index contributed by atoms with van der Waals surface area (Å²) < 4.78 is 0. The van der Waals surface area contributed by atoms with Crippen molar-refractivity contribution in [2.45, 2.75) is 31.8 Å². The normalized spacial score (nSPS) is 24.2. The topological polar surface area (TPSA) is 52.7 Å². The molecule has 2 fully saturated rings. The maximum absolute atomic E-state index is 12.2. The zero-order valence-electron chi connectivity index (χ0n) is 14.3. The monoisotopic (exact) mass is 347 g/mol. The third-order valence-electron chi connectivity index (χ3n) is 4.70. The van der Waals surface area contributed by atoms with Gasteiger partial charge in [-0.05, 0) is 25.8 Å². The predicted octanol–water partition coefficient (Wildman–Crippen LogP) is 2.50. The first-order valence-electron chi connectivity index (χ1n) is 8.50. The number of urea groups is 1. The first-order valence-corrected chi connectivity index (χ1v) is 9.65. The van der Waals surface area contributed by atoms with Gasteiger partial charge in [-0.15, -0.1) is 0 Å². The Hall–Kier alpha value is -1.53. The van der Waals surface area contributed by atoms with E-state index in [9.17, 15) is 9.59 Å². The van der Waals surface area contributed by atoms with Crippen LogP contribution in [0.15, 0.2) is 30.3 Å². The lowest BCUT2D eigenvalue weighted by Gasteiger charge is -2.36. The van der Waals surface area contributed by atoms with Gasteiger partial charge in [-0.1, -0.05) is 30.3 Å². The summed E-state index contributed by atoms with van der Waals surface area (Å²) in [4.78, 5) is 28.0. The highest BCUT2D eigenvalue weighted by atomic mass is 32.2. The van der Waals surface area contributed by atoms with Crippen molar-refractivity contribution in [2.24, 2.45) is 0 Å². The Kier molecular flexibility index (Phi) is 5.15. The average Bonchev–Trinajstić information content (AvgIpc) is 2.77. The van der Waals surface area contributed by atoms with Gasteiger partial charge in [-0.2, -0.15) is 11.8 Å². The summed E-state index contributed by atoms with van der Waals surface area (Å²) in [6.07, 6.45) is 0.809. The molecule has 0 saturated carbocycles. The van der Waals surface area contributed by atoms with E-state index in [-0.39, 0.29) is 11.9 Å². The quantitative estimate of drug-likeness (QED) is 0.832. The molecule has 3 rings (SSSR count). The van der Waals surface area contributed by atoms with E-state index in [0.717, 1.165) is 31.0 Å². The van der Waals surface area contributed by atoms with E-state index in [1.165, 1.54) is 10.5 Å². The van der Waals surface area contributed by atoms with E-state index in [0.29, 0.717) is 12.6 Å². The van der Waals surface area contributed by atoms with Crippen molar-refractivity contribution in [2.75, 3.05) is 31.1 Å². The lowest BCUT2D eigenvalue weighted by Crippen LogP contribution is -2.41.